The van der Waals surface area contributed by atoms with E-state index in [0.29, 0.717) is 23.0 Å². The molecule has 1 aromatic carbocycles. The lowest BCUT2D eigenvalue weighted by molar-refractivity contribution is 0.429. The predicted molar refractivity (Wildman–Crippen MR) is 57.4 cm³/mol. The van der Waals surface area contributed by atoms with Crippen molar-refractivity contribution in [1.82, 2.24) is 10.1 Å². The summed E-state index contributed by atoms with van der Waals surface area (Å²) in [5.41, 5.74) is 0.664. The summed E-state index contributed by atoms with van der Waals surface area (Å²) in [5, 5.41) is 3.78. The first-order valence-electron chi connectivity index (χ1n) is 4.96. The van der Waals surface area contributed by atoms with Gasteiger partial charge in [0, 0.05) is 5.56 Å². The van der Waals surface area contributed by atoms with Crippen molar-refractivity contribution >= 4 is 0 Å². The van der Waals surface area contributed by atoms with Crippen molar-refractivity contribution in [2.75, 3.05) is 0 Å². The highest BCUT2D eigenvalue weighted by atomic mass is 19.1. The van der Waals surface area contributed by atoms with Crippen LogP contribution in [0.5, 0.6) is 0 Å². The standard InChI is InChI=1S/C12H7FN2O2/c13-9-5-3-8(4-6-9)12-14-11(15-17-12)10-2-1-7-16-10/h1-7H. The Bertz CT molecular complexity index is 614. The molecule has 0 radical (unpaired) electrons. The smallest absolute Gasteiger partial charge is 0.258 e. The number of halogens is 1. The van der Waals surface area contributed by atoms with Gasteiger partial charge in [-0.3, -0.25) is 0 Å². The second kappa shape index (κ2) is 3.86. The Morgan fingerprint density at radius 2 is 1.88 bits per heavy atom. The Hall–Kier alpha value is -2.43. The molecule has 0 aliphatic heterocycles. The Balaban J connectivity index is 1.98. The summed E-state index contributed by atoms with van der Waals surface area (Å²) in [6, 6.07) is 9.31. The van der Waals surface area contributed by atoms with Gasteiger partial charge in [-0.2, -0.15) is 4.98 Å². The van der Waals surface area contributed by atoms with Crippen LogP contribution in [-0.2, 0) is 0 Å². The van der Waals surface area contributed by atoms with E-state index in [-0.39, 0.29) is 5.82 Å². The molecule has 0 fully saturated rings. The molecule has 4 nitrogen and oxygen atoms in total. The number of furan rings is 1. The maximum atomic E-state index is 12.7. The predicted octanol–water partition coefficient (Wildman–Crippen LogP) is 3.14. The molecule has 2 heterocycles. The summed E-state index contributed by atoms with van der Waals surface area (Å²) in [5.74, 6) is 0.923. The second-order valence-electron chi connectivity index (χ2n) is 3.41. The molecule has 0 N–H and O–H groups in total. The molecule has 17 heavy (non-hydrogen) atoms. The zero-order valence-electron chi connectivity index (χ0n) is 8.63. The summed E-state index contributed by atoms with van der Waals surface area (Å²) in [6.07, 6.45) is 1.53. The van der Waals surface area contributed by atoms with Gasteiger partial charge in [-0.15, -0.1) is 0 Å². The second-order valence-corrected chi connectivity index (χ2v) is 3.41. The molecule has 0 saturated heterocycles. The van der Waals surface area contributed by atoms with Crippen molar-refractivity contribution < 1.29 is 13.3 Å². The highest BCUT2D eigenvalue weighted by Crippen LogP contribution is 2.22. The molecule has 0 unspecified atom stereocenters. The van der Waals surface area contributed by atoms with Crippen molar-refractivity contribution in [2.45, 2.75) is 0 Å². The SMILES string of the molecule is Fc1ccc(-c2nc(-c3ccco3)no2)cc1. The van der Waals surface area contributed by atoms with E-state index in [1.165, 1.54) is 18.4 Å². The van der Waals surface area contributed by atoms with E-state index in [0.717, 1.165) is 0 Å². The normalized spacial score (nSPS) is 10.6. The van der Waals surface area contributed by atoms with Gasteiger partial charge in [-0.25, -0.2) is 4.39 Å². The Morgan fingerprint density at radius 1 is 1.06 bits per heavy atom. The van der Waals surface area contributed by atoms with Crippen LogP contribution >= 0.6 is 0 Å². The van der Waals surface area contributed by atoms with Gasteiger partial charge in [-0.05, 0) is 36.4 Å². The highest BCUT2D eigenvalue weighted by molar-refractivity contribution is 5.56. The van der Waals surface area contributed by atoms with Gasteiger partial charge in [0.1, 0.15) is 5.82 Å². The van der Waals surface area contributed by atoms with Crippen molar-refractivity contribution in [3.05, 3.63) is 48.5 Å². The van der Waals surface area contributed by atoms with Crippen LogP contribution in [0.4, 0.5) is 4.39 Å². The lowest BCUT2D eigenvalue weighted by Crippen LogP contribution is -1.79. The molecule has 2 aromatic heterocycles. The molecular formula is C12H7FN2O2. The van der Waals surface area contributed by atoms with E-state index < -0.39 is 0 Å². The van der Waals surface area contributed by atoms with E-state index in [4.69, 9.17) is 8.94 Å². The molecule has 0 atom stereocenters. The van der Waals surface area contributed by atoms with Crippen LogP contribution in [0.15, 0.2) is 51.6 Å². The van der Waals surface area contributed by atoms with E-state index >= 15 is 0 Å². The lowest BCUT2D eigenvalue weighted by Gasteiger charge is -1.92. The summed E-state index contributed by atoms with van der Waals surface area (Å²) in [7, 11) is 0. The Kier molecular flexibility index (Phi) is 2.22. The molecule has 0 amide bonds. The molecule has 5 heteroatoms. The number of rotatable bonds is 2. The van der Waals surface area contributed by atoms with Gasteiger partial charge in [0.25, 0.3) is 5.89 Å². The fourth-order valence-electron chi connectivity index (χ4n) is 1.44. The van der Waals surface area contributed by atoms with Gasteiger partial charge >= 0.3 is 0 Å². The van der Waals surface area contributed by atoms with Crippen molar-refractivity contribution in [3.8, 4) is 23.0 Å². The third-order valence-corrected chi connectivity index (χ3v) is 2.26. The molecular weight excluding hydrogens is 223 g/mol. The van der Waals surface area contributed by atoms with E-state index in [2.05, 4.69) is 10.1 Å². The fraction of sp³-hybridized carbons (Fsp3) is 0. The summed E-state index contributed by atoms with van der Waals surface area (Å²) < 4.78 is 23.0. The number of nitrogens with zero attached hydrogens (tertiary/aromatic N) is 2. The van der Waals surface area contributed by atoms with Crippen molar-refractivity contribution in [2.24, 2.45) is 0 Å². The zero-order valence-corrected chi connectivity index (χ0v) is 8.63. The number of hydrogen-bond acceptors (Lipinski definition) is 4. The largest absolute Gasteiger partial charge is 0.461 e. The van der Waals surface area contributed by atoms with Crippen LogP contribution in [0.2, 0.25) is 0 Å². The zero-order chi connectivity index (χ0) is 11.7. The maximum Gasteiger partial charge on any atom is 0.258 e. The van der Waals surface area contributed by atoms with Crippen LogP contribution in [0.3, 0.4) is 0 Å². The topological polar surface area (TPSA) is 52.1 Å². The molecule has 0 bridgehead atoms. The first-order valence-corrected chi connectivity index (χ1v) is 4.96. The number of hydrogen-bond donors (Lipinski definition) is 0. The van der Waals surface area contributed by atoms with Gasteiger partial charge in [0.15, 0.2) is 5.76 Å². The van der Waals surface area contributed by atoms with E-state index in [1.54, 1.807) is 24.3 Å². The third-order valence-electron chi connectivity index (χ3n) is 2.26. The molecule has 0 aliphatic rings. The Morgan fingerprint density at radius 3 is 2.59 bits per heavy atom. The first kappa shape index (κ1) is 9.77. The molecule has 0 spiro atoms. The van der Waals surface area contributed by atoms with Crippen molar-refractivity contribution in [3.63, 3.8) is 0 Å². The van der Waals surface area contributed by atoms with Crippen LogP contribution < -0.4 is 0 Å². The molecule has 0 aliphatic carbocycles. The summed E-state index contributed by atoms with van der Waals surface area (Å²) in [4.78, 5) is 4.16. The lowest BCUT2D eigenvalue weighted by atomic mass is 10.2. The van der Waals surface area contributed by atoms with Crippen LogP contribution in [-0.4, -0.2) is 10.1 Å². The van der Waals surface area contributed by atoms with Crippen molar-refractivity contribution in [1.29, 1.82) is 0 Å². The van der Waals surface area contributed by atoms with Gasteiger partial charge in [-0.1, -0.05) is 5.16 Å². The van der Waals surface area contributed by atoms with Crippen LogP contribution in [0, 0.1) is 5.82 Å². The summed E-state index contributed by atoms with van der Waals surface area (Å²) >= 11 is 0. The maximum absolute atomic E-state index is 12.7. The molecule has 3 rings (SSSR count). The number of benzene rings is 1. The fourth-order valence-corrected chi connectivity index (χ4v) is 1.44. The minimum absolute atomic E-state index is 0.306. The average Bonchev–Trinajstić information content (AvgIpc) is 3.00. The average molecular weight is 230 g/mol. The monoisotopic (exact) mass is 230 g/mol. The van der Waals surface area contributed by atoms with Gasteiger partial charge in [0.2, 0.25) is 5.82 Å². The third kappa shape index (κ3) is 1.82. The summed E-state index contributed by atoms with van der Waals surface area (Å²) in [6.45, 7) is 0. The number of aromatic nitrogens is 2. The molecule has 3 aromatic rings. The van der Waals surface area contributed by atoms with Gasteiger partial charge < -0.3 is 8.94 Å². The van der Waals surface area contributed by atoms with Crippen LogP contribution in [0.1, 0.15) is 0 Å². The van der Waals surface area contributed by atoms with E-state index in [1.807, 2.05) is 0 Å². The Labute approximate surface area is 95.7 Å². The van der Waals surface area contributed by atoms with Gasteiger partial charge in [0.05, 0.1) is 6.26 Å². The molecule has 84 valence electrons. The first-order chi connectivity index (χ1) is 8.33. The quantitative estimate of drug-likeness (QED) is 0.678. The van der Waals surface area contributed by atoms with Crippen LogP contribution in [0.25, 0.3) is 23.0 Å². The molecule has 0 saturated carbocycles. The minimum atomic E-state index is -0.306. The van der Waals surface area contributed by atoms with E-state index in [9.17, 15) is 4.39 Å². The highest BCUT2D eigenvalue weighted by Gasteiger charge is 2.12. The minimum Gasteiger partial charge on any atom is -0.461 e.